The van der Waals surface area contributed by atoms with E-state index < -0.39 is 20.0 Å². The minimum absolute atomic E-state index is 0.0620. The Morgan fingerprint density at radius 3 is 1.78 bits per heavy atom. The number of allylic oxidation sites excluding steroid dienone is 1. The average molecular weight is 606 g/mol. The van der Waals surface area contributed by atoms with Crippen molar-refractivity contribution in [3.63, 3.8) is 0 Å². The molecule has 0 radical (unpaired) electrons. The van der Waals surface area contributed by atoms with Crippen LogP contribution in [0.3, 0.4) is 0 Å². The predicted molar refractivity (Wildman–Crippen MR) is 171 cm³/mol. The van der Waals surface area contributed by atoms with E-state index >= 15 is 0 Å². The molecule has 0 bridgehead atoms. The smallest absolute Gasteiger partial charge is 0.387 e. The molecule has 0 heterocycles. The molecule has 8 nitrogen and oxygen atoms in total. The van der Waals surface area contributed by atoms with Crippen molar-refractivity contribution >= 4 is 13.7 Å². The number of carbonyl (C=O) groups is 1. The highest BCUT2D eigenvalue weighted by Crippen LogP contribution is 2.43. The van der Waals surface area contributed by atoms with Crippen LogP contribution in [0.2, 0.25) is 0 Å². The van der Waals surface area contributed by atoms with Crippen molar-refractivity contribution in [1.82, 2.24) is 5.32 Å². The molecule has 41 heavy (non-hydrogen) atoms. The molecule has 0 spiro atoms. The lowest BCUT2D eigenvalue weighted by Gasteiger charge is -2.25. The lowest BCUT2D eigenvalue weighted by molar-refractivity contribution is -0.870. The van der Waals surface area contributed by atoms with Crippen LogP contribution in [0.1, 0.15) is 136 Å². The quantitative estimate of drug-likeness (QED) is 0.0350. The number of aliphatic hydroxyl groups is 1. The Morgan fingerprint density at radius 1 is 0.805 bits per heavy atom. The van der Waals surface area contributed by atoms with Crippen LogP contribution in [0.25, 0.3) is 0 Å². The maximum absolute atomic E-state index is 12.3. The standard InChI is InChI=1S/C32H65N2O6P/c1-6-8-10-11-12-13-14-15-16-17-18-19-20-21-22-23-24-25-31(35)30(33-32(36)26-9-7-2)29-40-41(37,38)39-28-27-34(3,4)5/h24-25,30-31,35H,6-23,26-29H2,1-5H3,(H-,33,36,37,38)/p+1/b25-24+. The Bertz CT molecular complexity index is 698. The number of phosphoric ester groups is 1. The molecule has 0 aromatic carbocycles. The number of aliphatic hydroxyl groups excluding tert-OH is 1. The van der Waals surface area contributed by atoms with Crippen LogP contribution in [0.4, 0.5) is 0 Å². The highest BCUT2D eigenvalue weighted by molar-refractivity contribution is 7.47. The van der Waals surface area contributed by atoms with E-state index in [1.807, 2.05) is 34.1 Å². The molecule has 0 fully saturated rings. The van der Waals surface area contributed by atoms with Gasteiger partial charge in [0.15, 0.2) is 0 Å². The first-order valence-corrected chi connectivity index (χ1v) is 18.1. The Morgan fingerprint density at radius 2 is 1.29 bits per heavy atom. The molecule has 0 aromatic rings. The van der Waals surface area contributed by atoms with Gasteiger partial charge in [0.05, 0.1) is 39.9 Å². The van der Waals surface area contributed by atoms with Crippen molar-refractivity contribution in [2.45, 2.75) is 148 Å². The third kappa shape index (κ3) is 27.8. The fourth-order valence-corrected chi connectivity index (χ4v) is 5.22. The van der Waals surface area contributed by atoms with Crippen LogP contribution >= 0.6 is 7.82 Å². The van der Waals surface area contributed by atoms with Gasteiger partial charge in [0, 0.05) is 6.42 Å². The van der Waals surface area contributed by atoms with Crippen LogP contribution in [0.5, 0.6) is 0 Å². The van der Waals surface area contributed by atoms with Crippen molar-refractivity contribution in [1.29, 1.82) is 0 Å². The van der Waals surface area contributed by atoms with Crippen molar-refractivity contribution in [3.8, 4) is 0 Å². The van der Waals surface area contributed by atoms with Crippen molar-refractivity contribution in [3.05, 3.63) is 12.2 Å². The summed E-state index contributed by atoms with van der Waals surface area (Å²) in [7, 11) is 1.57. The van der Waals surface area contributed by atoms with E-state index in [9.17, 15) is 19.4 Å². The summed E-state index contributed by atoms with van der Waals surface area (Å²) in [5.41, 5.74) is 0. The summed E-state index contributed by atoms with van der Waals surface area (Å²) < 4.78 is 23.1. The van der Waals surface area contributed by atoms with Crippen LogP contribution < -0.4 is 5.32 Å². The number of unbranched alkanes of at least 4 members (excludes halogenated alkanes) is 16. The number of hydrogen-bond donors (Lipinski definition) is 3. The fraction of sp³-hybridized carbons (Fsp3) is 0.906. The molecular formula is C32H66N2O6P+. The Kier molecular flexibility index (Phi) is 25.2. The van der Waals surface area contributed by atoms with E-state index in [0.29, 0.717) is 17.4 Å². The van der Waals surface area contributed by atoms with Crippen molar-refractivity contribution < 1.29 is 32.9 Å². The van der Waals surface area contributed by atoms with Gasteiger partial charge < -0.3 is 19.8 Å². The van der Waals surface area contributed by atoms with Gasteiger partial charge in [-0.2, -0.15) is 0 Å². The third-order valence-electron chi connectivity index (χ3n) is 7.26. The first-order valence-electron chi connectivity index (χ1n) is 16.6. The SMILES string of the molecule is CCCCCCCCCCCCCCCCC/C=C/C(O)C(COP(=O)(O)OCC[N+](C)(C)C)NC(=O)CCCC. The van der Waals surface area contributed by atoms with Crippen LogP contribution in [0.15, 0.2) is 12.2 Å². The minimum atomic E-state index is -4.30. The minimum Gasteiger partial charge on any atom is -0.387 e. The van der Waals surface area contributed by atoms with E-state index in [1.165, 1.54) is 83.5 Å². The highest BCUT2D eigenvalue weighted by atomic mass is 31.2. The van der Waals surface area contributed by atoms with Gasteiger partial charge in [-0.15, -0.1) is 0 Å². The summed E-state index contributed by atoms with van der Waals surface area (Å²) >= 11 is 0. The molecule has 244 valence electrons. The number of quaternary nitrogens is 1. The fourth-order valence-electron chi connectivity index (χ4n) is 4.49. The Hall–Kier alpha value is -0.760. The zero-order chi connectivity index (χ0) is 30.8. The first-order chi connectivity index (χ1) is 19.5. The molecular weight excluding hydrogens is 539 g/mol. The lowest BCUT2D eigenvalue weighted by atomic mass is 10.0. The van der Waals surface area contributed by atoms with E-state index in [1.54, 1.807) is 6.08 Å². The molecule has 3 unspecified atom stereocenters. The van der Waals surface area contributed by atoms with Gasteiger partial charge in [0.25, 0.3) is 0 Å². The molecule has 3 atom stereocenters. The van der Waals surface area contributed by atoms with E-state index in [0.717, 1.165) is 32.1 Å². The maximum Gasteiger partial charge on any atom is 0.472 e. The molecule has 3 N–H and O–H groups in total. The number of hydrogen-bond acceptors (Lipinski definition) is 5. The average Bonchev–Trinajstić information content (AvgIpc) is 2.90. The second-order valence-electron chi connectivity index (χ2n) is 12.5. The number of likely N-dealkylation sites (N-methyl/N-ethyl adjacent to an activating group) is 1. The number of nitrogens with zero attached hydrogens (tertiary/aromatic N) is 1. The Balaban J connectivity index is 4.23. The second-order valence-corrected chi connectivity index (χ2v) is 14.0. The third-order valence-corrected chi connectivity index (χ3v) is 8.24. The van der Waals surface area contributed by atoms with Gasteiger partial charge in [-0.25, -0.2) is 4.57 Å². The predicted octanol–water partition coefficient (Wildman–Crippen LogP) is 7.68. The number of rotatable bonds is 29. The monoisotopic (exact) mass is 605 g/mol. The van der Waals surface area contributed by atoms with Crippen LogP contribution in [0, 0.1) is 0 Å². The van der Waals surface area contributed by atoms with Gasteiger partial charge in [0.2, 0.25) is 5.91 Å². The van der Waals surface area contributed by atoms with Crippen molar-refractivity contribution in [2.75, 3.05) is 40.9 Å². The van der Waals surface area contributed by atoms with Gasteiger partial charge >= 0.3 is 7.82 Å². The number of amides is 1. The molecule has 0 aliphatic carbocycles. The first kappa shape index (κ1) is 40.2. The highest BCUT2D eigenvalue weighted by Gasteiger charge is 2.27. The van der Waals surface area contributed by atoms with E-state index in [4.69, 9.17) is 9.05 Å². The normalized spacial score (nSPS) is 15.2. The van der Waals surface area contributed by atoms with Gasteiger partial charge in [-0.1, -0.05) is 122 Å². The topological polar surface area (TPSA) is 105 Å². The van der Waals surface area contributed by atoms with Crippen LogP contribution in [-0.4, -0.2) is 73.4 Å². The zero-order valence-electron chi connectivity index (χ0n) is 27.3. The Labute approximate surface area is 252 Å². The number of carbonyl (C=O) groups excluding carboxylic acids is 1. The second kappa shape index (κ2) is 25.7. The molecule has 1 amide bonds. The molecule has 0 aromatic heterocycles. The molecule has 0 saturated carbocycles. The molecule has 0 aliphatic rings. The maximum atomic E-state index is 12.3. The van der Waals surface area contributed by atoms with E-state index in [2.05, 4.69) is 12.2 Å². The summed E-state index contributed by atoms with van der Waals surface area (Å²) in [4.78, 5) is 22.3. The number of phosphoric acid groups is 1. The number of nitrogens with one attached hydrogen (secondary N) is 1. The molecule has 0 saturated heterocycles. The lowest BCUT2D eigenvalue weighted by Crippen LogP contribution is -2.45. The van der Waals surface area contributed by atoms with E-state index in [-0.39, 0.29) is 19.1 Å². The zero-order valence-corrected chi connectivity index (χ0v) is 28.2. The van der Waals surface area contributed by atoms with Crippen LogP contribution in [-0.2, 0) is 18.4 Å². The van der Waals surface area contributed by atoms with Gasteiger partial charge in [-0.05, 0) is 19.3 Å². The van der Waals surface area contributed by atoms with Gasteiger partial charge in [0.1, 0.15) is 13.2 Å². The summed E-state index contributed by atoms with van der Waals surface area (Å²) in [5.74, 6) is -0.214. The summed E-state index contributed by atoms with van der Waals surface area (Å²) in [5, 5.41) is 13.4. The molecule has 0 aliphatic heterocycles. The largest absolute Gasteiger partial charge is 0.472 e. The molecule has 9 heteroatoms. The molecule has 0 rings (SSSR count). The summed E-state index contributed by atoms with van der Waals surface area (Å²) in [6.45, 7) is 4.55. The summed E-state index contributed by atoms with van der Waals surface area (Å²) in [6.07, 6.45) is 25.2. The van der Waals surface area contributed by atoms with Crippen molar-refractivity contribution in [2.24, 2.45) is 0 Å². The summed E-state index contributed by atoms with van der Waals surface area (Å²) in [6, 6.07) is -0.834. The van der Waals surface area contributed by atoms with Gasteiger partial charge in [-0.3, -0.25) is 13.8 Å².